The molecule has 0 spiro atoms. The molecule has 4 nitrogen and oxygen atoms in total. The fourth-order valence-corrected chi connectivity index (χ4v) is 0.239. The van der Waals surface area contributed by atoms with Crippen molar-refractivity contribution in [2.75, 3.05) is 0 Å². The first-order chi connectivity index (χ1) is 3.68. The van der Waals surface area contributed by atoms with E-state index in [1.807, 2.05) is 5.32 Å². The van der Waals surface area contributed by atoms with Crippen molar-refractivity contribution in [2.45, 2.75) is 4.95 Å². The van der Waals surface area contributed by atoms with Crippen LogP contribution in [0.1, 0.15) is 0 Å². The third kappa shape index (κ3) is 2.57. The van der Waals surface area contributed by atoms with Crippen LogP contribution in [0.3, 0.4) is 0 Å². The Balaban J connectivity index is 3.46. The van der Waals surface area contributed by atoms with Gasteiger partial charge in [0, 0.05) is 0 Å². The highest BCUT2D eigenvalue weighted by Gasteiger charge is 2.08. The van der Waals surface area contributed by atoms with E-state index < -0.39 is 10.9 Å². The first-order valence-corrected chi connectivity index (χ1v) is 2.66. The minimum absolute atomic E-state index is 0.313. The van der Waals surface area contributed by atoms with Crippen molar-refractivity contribution in [3.63, 3.8) is 0 Å². The number of nitrogens with one attached hydrogen (secondary N) is 1. The first-order valence-electron chi connectivity index (χ1n) is 1.75. The second-order valence-corrected chi connectivity index (χ2v) is 1.90. The van der Waals surface area contributed by atoms with Crippen LogP contribution >= 0.6 is 15.9 Å². The molecule has 0 aromatic rings. The Hall–Kier alpha value is -0.580. The van der Waals surface area contributed by atoms with E-state index in [-0.39, 0.29) is 0 Å². The third-order valence-corrected chi connectivity index (χ3v) is 1.09. The average Bonchev–Trinajstić information content (AvgIpc) is 1.67. The second-order valence-electron chi connectivity index (χ2n) is 0.985. The van der Waals surface area contributed by atoms with E-state index in [4.69, 9.17) is 5.11 Å². The van der Waals surface area contributed by atoms with Crippen molar-refractivity contribution in [3.8, 4) is 0 Å². The van der Waals surface area contributed by atoms with Gasteiger partial charge in [0.05, 0.1) is 0 Å². The fraction of sp³-hybridized carbons (Fsp3) is 0.333. The van der Waals surface area contributed by atoms with E-state index >= 15 is 0 Å². The van der Waals surface area contributed by atoms with Crippen LogP contribution in [0.15, 0.2) is 0 Å². The lowest BCUT2D eigenvalue weighted by molar-refractivity contribution is -0.137. The number of hydrogen-bond donors (Lipinski definition) is 2. The Morgan fingerprint density at radius 3 is 2.50 bits per heavy atom. The zero-order valence-corrected chi connectivity index (χ0v) is 5.38. The number of alkyl halides is 1. The van der Waals surface area contributed by atoms with Crippen molar-refractivity contribution in [3.05, 3.63) is 0 Å². The van der Waals surface area contributed by atoms with E-state index in [1.54, 1.807) is 0 Å². The number of hydrogen-bond acceptors (Lipinski definition) is 2. The number of carbonyl (C=O) groups is 2. The minimum atomic E-state index is -1.11. The number of carboxylic acid groups (broad SMARTS) is 1. The zero-order chi connectivity index (χ0) is 6.57. The van der Waals surface area contributed by atoms with E-state index in [9.17, 15) is 9.59 Å². The van der Waals surface area contributed by atoms with Gasteiger partial charge in [0.15, 0.2) is 4.95 Å². The molecule has 2 N–H and O–H groups in total. The van der Waals surface area contributed by atoms with Gasteiger partial charge in [0.1, 0.15) is 0 Å². The zero-order valence-electron chi connectivity index (χ0n) is 3.80. The van der Waals surface area contributed by atoms with Gasteiger partial charge in [0.25, 0.3) is 0 Å². The van der Waals surface area contributed by atoms with Crippen LogP contribution in [0.5, 0.6) is 0 Å². The summed E-state index contributed by atoms with van der Waals surface area (Å²) in [6.07, 6.45) is 0.313. The maximum atomic E-state index is 9.82. The summed E-state index contributed by atoms with van der Waals surface area (Å²) in [5.74, 6) is -1.11. The highest BCUT2D eigenvalue weighted by molar-refractivity contribution is 9.10. The molecule has 0 heterocycles. The van der Waals surface area contributed by atoms with Crippen LogP contribution in [-0.2, 0) is 9.59 Å². The molecule has 0 saturated carbocycles. The highest BCUT2D eigenvalue weighted by atomic mass is 79.9. The molecule has 5 heteroatoms. The van der Waals surface area contributed by atoms with Gasteiger partial charge in [-0.15, -0.1) is 0 Å². The molecule has 0 aliphatic rings. The molecule has 0 fully saturated rings. The predicted octanol–water partition coefficient (Wildman–Crippen LogP) is -0.462. The summed E-state index contributed by atoms with van der Waals surface area (Å²) >= 11 is 2.66. The standard InChI is InChI=1S/C3H4BrNO3/c4-2(3(7)8)5-1-6/h1-2H,(H,5,6)(H,7,8). The Morgan fingerprint density at radius 1 is 1.88 bits per heavy atom. The van der Waals surface area contributed by atoms with E-state index in [2.05, 4.69) is 15.9 Å². The molecule has 1 amide bonds. The van der Waals surface area contributed by atoms with E-state index in [0.29, 0.717) is 6.41 Å². The lowest BCUT2D eigenvalue weighted by atomic mass is 10.7. The molecule has 8 heavy (non-hydrogen) atoms. The summed E-state index contributed by atoms with van der Waals surface area (Å²) < 4.78 is 0. The largest absolute Gasteiger partial charge is 0.479 e. The van der Waals surface area contributed by atoms with Gasteiger partial charge >= 0.3 is 5.97 Å². The van der Waals surface area contributed by atoms with Crippen LogP contribution in [0.2, 0.25) is 0 Å². The van der Waals surface area contributed by atoms with E-state index in [1.165, 1.54) is 0 Å². The molecule has 0 aliphatic heterocycles. The minimum Gasteiger partial charge on any atom is -0.479 e. The molecular formula is C3H4BrNO3. The number of halogens is 1. The molecule has 46 valence electrons. The van der Waals surface area contributed by atoms with Gasteiger partial charge in [-0.1, -0.05) is 15.9 Å². The van der Waals surface area contributed by atoms with Gasteiger partial charge in [-0.2, -0.15) is 0 Å². The normalized spacial score (nSPS) is 12.1. The summed E-state index contributed by atoms with van der Waals surface area (Å²) in [5.41, 5.74) is 0. The van der Waals surface area contributed by atoms with Crippen LogP contribution in [-0.4, -0.2) is 22.4 Å². The number of rotatable bonds is 3. The summed E-state index contributed by atoms with van der Waals surface area (Å²) in [4.78, 5) is 18.4. The van der Waals surface area contributed by atoms with Gasteiger partial charge in [0.2, 0.25) is 6.41 Å². The summed E-state index contributed by atoms with van der Waals surface area (Å²) in [5, 5.41) is 10.0. The number of amides is 1. The SMILES string of the molecule is O=CNC(Br)C(=O)O. The lowest BCUT2D eigenvalue weighted by Crippen LogP contribution is -2.29. The van der Waals surface area contributed by atoms with Gasteiger partial charge in [-0.25, -0.2) is 4.79 Å². The first kappa shape index (κ1) is 7.42. The highest BCUT2D eigenvalue weighted by Crippen LogP contribution is 1.90. The summed E-state index contributed by atoms with van der Waals surface area (Å²) in [6.45, 7) is 0. The molecule has 0 aromatic carbocycles. The predicted molar refractivity (Wildman–Crippen MR) is 29.6 cm³/mol. The van der Waals surface area contributed by atoms with Crippen LogP contribution < -0.4 is 5.32 Å². The van der Waals surface area contributed by atoms with E-state index in [0.717, 1.165) is 0 Å². The fourth-order valence-electron chi connectivity index (χ4n) is 0.131. The lowest BCUT2D eigenvalue weighted by Gasteiger charge is -1.98. The van der Waals surface area contributed by atoms with Crippen LogP contribution in [0, 0.1) is 0 Å². The second kappa shape index (κ2) is 3.43. The molecule has 0 saturated heterocycles. The third-order valence-electron chi connectivity index (χ3n) is 0.431. The Labute approximate surface area is 54.0 Å². The maximum absolute atomic E-state index is 9.82. The molecule has 0 radical (unpaired) electrons. The molecule has 0 bridgehead atoms. The number of carbonyl (C=O) groups excluding carboxylic acids is 1. The van der Waals surface area contributed by atoms with Gasteiger partial charge < -0.3 is 10.4 Å². The Bertz CT molecular complexity index is 105. The molecule has 0 rings (SSSR count). The Morgan fingerprint density at radius 2 is 2.38 bits per heavy atom. The van der Waals surface area contributed by atoms with Crippen molar-refractivity contribution in [1.29, 1.82) is 0 Å². The van der Waals surface area contributed by atoms with Gasteiger partial charge in [-0.3, -0.25) is 4.79 Å². The van der Waals surface area contributed by atoms with Crippen molar-refractivity contribution in [2.24, 2.45) is 0 Å². The van der Waals surface area contributed by atoms with Crippen LogP contribution in [0.4, 0.5) is 0 Å². The number of carboxylic acids is 1. The molecule has 0 aromatic heterocycles. The van der Waals surface area contributed by atoms with Crippen molar-refractivity contribution >= 4 is 28.3 Å². The van der Waals surface area contributed by atoms with Crippen molar-refractivity contribution in [1.82, 2.24) is 5.32 Å². The smallest absolute Gasteiger partial charge is 0.337 e. The van der Waals surface area contributed by atoms with Gasteiger partial charge in [-0.05, 0) is 0 Å². The number of aliphatic carboxylic acids is 1. The topological polar surface area (TPSA) is 66.4 Å². The van der Waals surface area contributed by atoms with Crippen LogP contribution in [0.25, 0.3) is 0 Å². The summed E-state index contributed by atoms with van der Waals surface area (Å²) in [7, 11) is 0. The van der Waals surface area contributed by atoms with Crippen molar-refractivity contribution < 1.29 is 14.7 Å². The molecule has 1 unspecified atom stereocenters. The molecule has 1 atom stereocenters. The quantitative estimate of drug-likeness (QED) is 0.352. The summed E-state index contributed by atoms with van der Waals surface area (Å²) in [6, 6.07) is 0. The monoisotopic (exact) mass is 181 g/mol. The molecular weight excluding hydrogens is 178 g/mol. The average molecular weight is 182 g/mol. The Kier molecular flexibility index (Phi) is 3.18. The maximum Gasteiger partial charge on any atom is 0.337 e. The molecule has 0 aliphatic carbocycles.